The van der Waals surface area contributed by atoms with Gasteiger partial charge >= 0.3 is 0 Å². The molecule has 1 aromatic rings. The molecule has 0 atom stereocenters. The van der Waals surface area contributed by atoms with E-state index in [4.69, 9.17) is 21.3 Å². The maximum absolute atomic E-state index is 6.48. The van der Waals surface area contributed by atoms with Gasteiger partial charge in [-0.3, -0.25) is 0 Å². The minimum atomic E-state index is -0.153. The number of nitrogens with zero attached hydrogens (tertiary/aromatic N) is 3. The molecule has 1 spiro atoms. The number of aromatic nitrogens is 2. The van der Waals surface area contributed by atoms with Crippen molar-refractivity contribution in [2.45, 2.75) is 69.5 Å². The van der Waals surface area contributed by atoms with E-state index in [-0.39, 0.29) is 11.2 Å². The van der Waals surface area contributed by atoms with Crippen molar-refractivity contribution in [3.63, 3.8) is 0 Å². The SMILES string of the molecule is CC1(C)CN(c2cc(Cl)nc(C3CC3)n2)CC2(CCCC2)O1. The largest absolute Gasteiger partial charge is 0.365 e. The smallest absolute Gasteiger partial charge is 0.135 e. The summed E-state index contributed by atoms with van der Waals surface area (Å²) in [6, 6.07) is 1.91. The zero-order valence-corrected chi connectivity index (χ0v) is 14.2. The van der Waals surface area contributed by atoms with E-state index in [2.05, 4.69) is 23.7 Å². The average molecular weight is 322 g/mol. The summed E-state index contributed by atoms with van der Waals surface area (Å²) in [5.74, 6) is 2.42. The molecule has 4 nitrogen and oxygen atoms in total. The summed E-state index contributed by atoms with van der Waals surface area (Å²) in [6.07, 6.45) is 7.22. The fourth-order valence-electron chi connectivity index (χ4n) is 4.06. The molecule has 0 amide bonds. The number of rotatable bonds is 2. The molecule has 5 heteroatoms. The normalized spacial score (nSPS) is 26.6. The van der Waals surface area contributed by atoms with Crippen LogP contribution in [-0.4, -0.2) is 34.3 Å². The van der Waals surface area contributed by atoms with Crippen LogP contribution in [0.25, 0.3) is 0 Å². The Hall–Kier alpha value is -0.870. The number of ether oxygens (including phenoxy) is 1. The topological polar surface area (TPSA) is 38.2 Å². The van der Waals surface area contributed by atoms with Gasteiger partial charge in [-0.1, -0.05) is 24.4 Å². The summed E-state index contributed by atoms with van der Waals surface area (Å²) in [5, 5.41) is 0.566. The number of hydrogen-bond donors (Lipinski definition) is 0. The Kier molecular flexibility index (Phi) is 3.39. The van der Waals surface area contributed by atoms with Crippen molar-refractivity contribution in [2.24, 2.45) is 0 Å². The summed E-state index contributed by atoms with van der Waals surface area (Å²) in [4.78, 5) is 11.6. The van der Waals surface area contributed by atoms with Gasteiger partial charge in [0.2, 0.25) is 0 Å². The van der Waals surface area contributed by atoms with Crippen LogP contribution in [0.4, 0.5) is 5.82 Å². The molecule has 0 unspecified atom stereocenters. The fraction of sp³-hybridized carbons (Fsp3) is 0.765. The minimum Gasteiger partial charge on any atom is -0.365 e. The molecular weight excluding hydrogens is 298 g/mol. The maximum atomic E-state index is 6.48. The summed E-state index contributed by atoms with van der Waals surface area (Å²) in [6.45, 7) is 6.15. The first kappa shape index (κ1) is 14.7. The fourth-order valence-corrected chi connectivity index (χ4v) is 4.25. The van der Waals surface area contributed by atoms with Crippen LogP contribution >= 0.6 is 11.6 Å². The van der Waals surface area contributed by atoms with Crippen molar-refractivity contribution in [3.8, 4) is 0 Å². The van der Waals surface area contributed by atoms with E-state index in [1.54, 1.807) is 0 Å². The van der Waals surface area contributed by atoms with E-state index in [9.17, 15) is 0 Å². The van der Waals surface area contributed by atoms with Gasteiger partial charge in [0.05, 0.1) is 11.2 Å². The summed E-state index contributed by atoms with van der Waals surface area (Å²) >= 11 is 6.25. The molecule has 0 aromatic carbocycles. The molecule has 4 rings (SSSR count). The van der Waals surface area contributed by atoms with Crippen LogP contribution < -0.4 is 4.90 Å². The van der Waals surface area contributed by atoms with E-state index in [0.29, 0.717) is 11.1 Å². The Morgan fingerprint density at radius 3 is 2.59 bits per heavy atom. The maximum Gasteiger partial charge on any atom is 0.135 e. The lowest BCUT2D eigenvalue weighted by Gasteiger charge is -2.49. The molecule has 0 bridgehead atoms. The zero-order chi connectivity index (χ0) is 15.4. The number of anilines is 1. The van der Waals surface area contributed by atoms with Gasteiger partial charge < -0.3 is 9.64 Å². The molecule has 1 aromatic heterocycles. The van der Waals surface area contributed by atoms with E-state index >= 15 is 0 Å². The Morgan fingerprint density at radius 1 is 1.18 bits per heavy atom. The van der Waals surface area contributed by atoms with E-state index < -0.39 is 0 Å². The van der Waals surface area contributed by atoms with Crippen molar-refractivity contribution in [2.75, 3.05) is 18.0 Å². The van der Waals surface area contributed by atoms with E-state index in [1.807, 2.05) is 6.07 Å². The molecule has 3 aliphatic rings. The Labute approximate surface area is 137 Å². The first-order valence-corrected chi connectivity index (χ1v) is 8.82. The molecule has 1 saturated heterocycles. The lowest BCUT2D eigenvalue weighted by atomic mass is 9.94. The second kappa shape index (κ2) is 5.07. The summed E-state index contributed by atoms with van der Waals surface area (Å²) in [7, 11) is 0. The van der Waals surface area contributed by atoms with Gasteiger partial charge in [-0.2, -0.15) is 0 Å². The molecule has 1 aliphatic heterocycles. The number of morpholine rings is 1. The third-order valence-corrected chi connectivity index (χ3v) is 5.22. The van der Waals surface area contributed by atoms with Crippen LogP contribution in [0.1, 0.15) is 64.1 Å². The third kappa shape index (κ3) is 2.83. The van der Waals surface area contributed by atoms with Gasteiger partial charge in [-0.25, -0.2) is 9.97 Å². The molecule has 120 valence electrons. The number of halogens is 1. The van der Waals surface area contributed by atoms with Crippen LogP contribution in [0.15, 0.2) is 6.07 Å². The van der Waals surface area contributed by atoms with Gasteiger partial charge in [0.15, 0.2) is 0 Å². The van der Waals surface area contributed by atoms with Gasteiger partial charge in [-0.15, -0.1) is 0 Å². The molecule has 2 saturated carbocycles. The van der Waals surface area contributed by atoms with Crippen molar-refractivity contribution in [1.29, 1.82) is 0 Å². The second-order valence-electron chi connectivity index (χ2n) is 7.79. The van der Waals surface area contributed by atoms with E-state index in [1.165, 1.54) is 25.7 Å². The highest BCUT2D eigenvalue weighted by Crippen LogP contribution is 2.43. The monoisotopic (exact) mass is 321 g/mol. The molecule has 0 radical (unpaired) electrons. The average Bonchev–Trinajstić information content (AvgIpc) is 3.19. The highest BCUT2D eigenvalue weighted by molar-refractivity contribution is 6.29. The van der Waals surface area contributed by atoms with Crippen LogP contribution in [-0.2, 0) is 4.74 Å². The van der Waals surface area contributed by atoms with Crippen LogP contribution in [0, 0.1) is 0 Å². The predicted molar refractivity (Wildman–Crippen MR) is 87.6 cm³/mol. The Balaban J connectivity index is 1.66. The first-order chi connectivity index (χ1) is 10.4. The Bertz CT molecular complexity index is 579. The lowest BCUT2D eigenvalue weighted by molar-refractivity contribution is -0.148. The quantitative estimate of drug-likeness (QED) is 0.773. The van der Waals surface area contributed by atoms with E-state index in [0.717, 1.165) is 37.6 Å². The molecule has 2 aliphatic carbocycles. The zero-order valence-electron chi connectivity index (χ0n) is 13.4. The Morgan fingerprint density at radius 2 is 1.91 bits per heavy atom. The standard InChI is InChI=1S/C17H24ClN3O/c1-16(2)10-21(11-17(22-16)7-3-4-8-17)14-9-13(18)19-15(20-14)12-5-6-12/h9,12H,3-8,10-11H2,1-2H3. The molecular formula is C17H24ClN3O. The summed E-state index contributed by atoms with van der Waals surface area (Å²) in [5.41, 5.74) is -0.154. The highest BCUT2D eigenvalue weighted by Gasteiger charge is 2.46. The molecule has 2 heterocycles. The minimum absolute atomic E-state index is 0.00107. The predicted octanol–water partition coefficient (Wildman–Crippen LogP) is 3.94. The van der Waals surface area contributed by atoms with Crippen molar-refractivity contribution in [1.82, 2.24) is 9.97 Å². The molecule has 22 heavy (non-hydrogen) atoms. The third-order valence-electron chi connectivity index (χ3n) is 5.02. The highest BCUT2D eigenvalue weighted by atomic mass is 35.5. The van der Waals surface area contributed by atoms with Crippen molar-refractivity contribution < 1.29 is 4.74 Å². The van der Waals surface area contributed by atoms with Gasteiger partial charge in [0.25, 0.3) is 0 Å². The van der Waals surface area contributed by atoms with Crippen LogP contribution in [0.2, 0.25) is 5.15 Å². The van der Waals surface area contributed by atoms with Crippen molar-refractivity contribution in [3.05, 3.63) is 17.0 Å². The first-order valence-electron chi connectivity index (χ1n) is 8.44. The van der Waals surface area contributed by atoms with Crippen LogP contribution in [0.3, 0.4) is 0 Å². The molecule has 0 N–H and O–H groups in total. The van der Waals surface area contributed by atoms with Gasteiger partial charge in [-0.05, 0) is 39.5 Å². The van der Waals surface area contributed by atoms with Crippen LogP contribution in [0.5, 0.6) is 0 Å². The number of hydrogen-bond acceptors (Lipinski definition) is 4. The van der Waals surface area contributed by atoms with Gasteiger partial charge in [0.1, 0.15) is 16.8 Å². The van der Waals surface area contributed by atoms with Crippen molar-refractivity contribution >= 4 is 17.4 Å². The second-order valence-corrected chi connectivity index (χ2v) is 8.18. The summed E-state index contributed by atoms with van der Waals surface area (Å²) < 4.78 is 6.48. The molecule has 3 fully saturated rings. The lowest BCUT2D eigenvalue weighted by Crippen LogP contribution is -2.59. The van der Waals surface area contributed by atoms with Gasteiger partial charge in [0, 0.05) is 25.1 Å².